The largest absolute Gasteiger partial charge is 0.460 e. The zero-order valence-corrected chi connectivity index (χ0v) is 18.6. The topological polar surface area (TPSA) is 94.2 Å². The van der Waals surface area contributed by atoms with Crippen LogP contribution in [0.2, 0.25) is 0 Å². The molecule has 2 amide bonds. The number of thioether (sulfide) groups is 1. The van der Waals surface area contributed by atoms with Crippen LogP contribution in [0.15, 0.2) is 54.6 Å². The molecule has 0 bridgehead atoms. The van der Waals surface area contributed by atoms with Crippen molar-refractivity contribution < 1.29 is 28.6 Å². The number of morpholine rings is 1. The first kappa shape index (κ1) is 22.7. The number of carbonyl (C=O) groups is 3. The van der Waals surface area contributed by atoms with Crippen molar-refractivity contribution in [3.05, 3.63) is 60.2 Å². The molecule has 3 aliphatic rings. The highest BCUT2D eigenvalue weighted by molar-refractivity contribution is 8.16. The van der Waals surface area contributed by atoms with Crippen LogP contribution in [-0.2, 0) is 30.4 Å². The molecule has 2 heterocycles. The van der Waals surface area contributed by atoms with Crippen molar-refractivity contribution >= 4 is 28.9 Å². The molecule has 0 aromatic heterocycles. The number of benzene rings is 1. The van der Waals surface area contributed by atoms with E-state index in [4.69, 9.17) is 14.2 Å². The maximum Gasteiger partial charge on any atom is 0.321 e. The number of esters is 1. The Morgan fingerprint density at radius 1 is 1.28 bits per heavy atom. The number of hydrogen-bond donors (Lipinski definition) is 1. The Hall–Kier alpha value is -2.46. The minimum Gasteiger partial charge on any atom is -0.460 e. The predicted molar refractivity (Wildman–Crippen MR) is 119 cm³/mol. The van der Waals surface area contributed by atoms with E-state index in [1.54, 1.807) is 24.3 Å². The average Bonchev–Trinajstić information content (AvgIpc) is 3.07. The Bertz CT molecular complexity index is 930. The predicted octanol–water partition coefficient (Wildman–Crippen LogP) is 2.26. The van der Waals surface area contributed by atoms with Crippen LogP contribution < -0.4 is 5.32 Å². The summed E-state index contributed by atoms with van der Waals surface area (Å²) in [5, 5.41) is 2.80. The van der Waals surface area contributed by atoms with Crippen LogP contribution in [0.25, 0.3) is 0 Å². The number of amides is 2. The van der Waals surface area contributed by atoms with E-state index in [0.29, 0.717) is 19.8 Å². The number of rotatable bonds is 7. The first-order valence-electron chi connectivity index (χ1n) is 10.5. The second kappa shape index (κ2) is 9.58. The van der Waals surface area contributed by atoms with E-state index >= 15 is 0 Å². The standard InChI is InChI=1S/C23H26N2O6S/c1-25-19(26)23(32-21(25)28,31-16-18-15-29-13-12-24-18)22(10-6-3-7-11-22)20(27)30-14-17-8-4-2-5-9-17/h2-10,18,24H,11-16H2,1H3/t18-,22?,23?/m1/s1. The van der Waals surface area contributed by atoms with Crippen molar-refractivity contribution in [3.8, 4) is 0 Å². The van der Waals surface area contributed by atoms with Gasteiger partial charge in [-0.25, -0.2) is 0 Å². The smallest absolute Gasteiger partial charge is 0.321 e. The van der Waals surface area contributed by atoms with Crippen molar-refractivity contribution in [1.82, 2.24) is 10.2 Å². The summed E-state index contributed by atoms with van der Waals surface area (Å²) in [7, 11) is 1.40. The Kier molecular flexibility index (Phi) is 6.80. The van der Waals surface area contributed by atoms with Crippen LogP contribution in [0.5, 0.6) is 0 Å². The van der Waals surface area contributed by atoms with Gasteiger partial charge in [-0.3, -0.25) is 19.3 Å². The number of imide groups is 1. The highest BCUT2D eigenvalue weighted by atomic mass is 32.2. The molecule has 0 radical (unpaired) electrons. The van der Waals surface area contributed by atoms with Crippen molar-refractivity contribution in [2.45, 2.75) is 24.0 Å². The maximum atomic E-state index is 13.6. The number of carbonyl (C=O) groups excluding carboxylic acids is 3. The number of ether oxygens (including phenoxy) is 3. The summed E-state index contributed by atoms with van der Waals surface area (Å²) in [6.45, 7) is 1.83. The van der Waals surface area contributed by atoms with Crippen molar-refractivity contribution in [2.24, 2.45) is 5.41 Å². The van der Waals surface area contributed by atoms with Crippen LogP contribution in [0, 0.1) is 5.41 Å². The fourth-order valence-corrected chi connectivity index (χ4v) is 5.22. The monoisotopic (exact) mass is 458 g/mol. The minimum atomic E-state index is -1.77. The summed E-state index contributed by atoms with van der Waals surface area (Å²) in [5.41, 5.74) is -0.669. The van der Waals surface area contributed by atoms with E-state index in [0.717, 1.165) is 22.2 Å². The highest BCUT2D eigenvalue weighted by Gasteiger charge is 2.68. The maximum absolute atomic E-state index is 13.6. The van der Waals surface area contributed by atoms with Gasteiger partial charge in [0.15, 0.2) is 0 Å². The number of allylic oxidation sites excluding steroid dienone is 3. The van der Waals surface area contributed by atoms with E-state index in [2.05, 4.69) is 5.32 Å². The second-order valence-corrected chi connectivity index (χ2v) is 9.04. The summed E-state index contributed by atoms with van der Waals surface area (Å²) in [6.07, 6.45) is 7.07. The molecule has 2 saturated heterocycles. The number of nitrogens with zero attached hydrogens (tertiary/aromatic N) is 1. The average molecular weight is 459 g/mol. The lowest BCUT2D eigenvalue weighted by atomic mass is 9.75. The summed E-state index contributed by atoms with van der Waals surface area (Å²) >= 11 is 0.734. The zero-order valence-electron chi connectivity index (χ0n) is 17.8. The third-order valence-corrected chi connectivity index (χ3v) is 7.20. The lowest BCUT2D eigenvalue weighted by molar-refractivity contribution is -0.175. The van der Waals surface area contributed by atoms with Crippen molar-refractivity contribution in [3.63, 3.8) is 0 Å². The molecule has 170 valence electrons. The molecule has 9 heteroatoms. The molecule has 1 aromatic carbocycles. The van der Waals surface area contributed by atoms with Gasteiger partial charge in [-0.2, -0.15) is 0 Å². The molecule has 2 fully saturated rings. The van der Waals surface area contributed by atoms with Gasteiger partial charge in [-0.05, 0) is 23.7 Å². The van der Waals surface area contributed by atoms with Gasteiger partial charge >= 0.3 is 5.97 Å². The van der Waals surface area contributed by atoms with Crippen LogP contribution in [0.4, 0.5) is 4.79 Å². The number of likely N-dealkylation sites (N-methyl/N-ethyl adjacent to an activating group) is 1. The fourth-order valence-electron chi connectivity index (χ4n) is 3.99. The fraction of sp³-hybridized carbons (Fsp3) is 0.435. The van der Waals surface area contributed by atoms with Crippen molar-refractivity contribution in [1.29, 1.82) is 0 Å². The Labute approximate surface area is 190 Å². The van der Waals surface area contributed by atoms with E-state index in [1.165, 1.54) is 7.05 Å². The molecule has 2 unspecified atom stereocenters. The van der Waals surface area contributed by atoms with Gasteiger partial charge in [0.1, 0.15) is 12.0 Å². The van der Waals surface area contributed by atoms with E-state index in [-0.39, 0.29) is 25.7 Å². The van der Waals surface area contributed by atoms with Gasteiger partial charge in [0.25, 0.3) is 11.1 Å². The lowest BCUT2D eigenvalue weighted by Gasteiger charge is -2.42. The molecule has 32 heavy (non-hydrogen) atoms. The molecule has 2 aliphatic heterocycles. The SMILES string of the molecule is CN1C(=O)SC(OC[C@H]2COCCN2)(C2(C(=O)OCc3ccccc3)C=CC=CC2)C1=O. The summed E-state index contributed by atoms with van der Waals surface area (Å²) in [4.78, 5) is 38.8. The zero-order chi connectivity index (χ0) is 22.6. The van der Waals surface area contributed by atoms with Gasteiger partial charge in [-0.15, -0.1) is 0 Å². The third kappa shape index (κ3) is 4.13. The van der Waals surface area contributed by atoms with E-state index < -0.39 is 27.5 Å². The molecular weight excluding hydrogens is 432 g/mol. The molecule has 0 spiro atoms. The van der Waals surface area contributed by atoms with Gasteiger partial charge < -0.3 is 19.5 Å². The molecule has 3 atom stereocenters. The van der Waals surface area contributed by atoms with Gasteiger partial charge in [0.2, 0.25) is 4.93 Å². The van der Waals surface area contributed by atoms with Crippen LogP contribution in [0.3, 0.4) is 0 Å². The molecule has 4 rings (SSSR count). The van der Waals surface area contributed by atoms with Crippen LogP contribution >= 0.6 is 11.8 Å². The van der Waals surface area contributed by atoms with Crippen LogP contribution in [-0.4, -0.2) is 66.4 Å². The lowest BCUT2D eigenvalue weighted by Crippen LogP contribution is -2.59. The molecule has 0 saturated carbocycles. The van der Waals surface area contributed by atoms with Gasteiger partial charge in [-0.1, -0.05) is 54.6 Å². The number of hydrogen-bond acceptors (Lipinski definition) is 8. The van der Waals surface area contributed by atoms with Crippen LogP contribution in [0.1, 0.15) is 12.0 Å². The molecule has 1 aromatic rings. The third-order valence-electron chi connectivity index (χ3n) is 5.81. The van der Waals surface area contributed by atoms with Gasteiger partial charge in [0.05, 0.1) is 25.9 Å². The van der Waals surface area contributed by atoms with Gasteiger partial charge in [0, 0.05) is 13.6 Å². The first-order chi connectivity index (χ1) is 15.5. The Morgan fingerprint density at radius 3 is 2.72 bits per heavy atom. The highest BCUT2D eigenvalue weighted by Crippen LogP contribution is 2.54. The molecule has 1 N–H and O–H groups in total. The Morgan fingerprint density at radius 2 is 2.09 bits per heavy atom. The molecule has 1 aliphatic carbocycles. The van der Waals surface area contributed by atoms with E-state index in [1.807, 2.05) is 30.3 Å². The summed E-state index contributed by atoms with van der Waals surface area (Å²) in [5.74, 6) is -1.18. The minimum absolute atomic E-state index is 0.0513. The van der Waals surface area contributed by atoms with Crippen molar-refractivity contribution in [2.75, 3.05) is 33.4 Å². The summed E-state index contributed by atoms with van der Waals surface area (Å²) in [6, 6.07) is 9.14. The Balaban J connectivity index is 1.65. The van der Waals surface area contributed by atoms with E-state index in [9.17, 15) is 14.4 Å². The quantitative estimate of drug-likeness (QED) is 0.622. The summed E-state index contributed by atoms with van der Waals surface area (Å²) < 4.78 is 17.4. The molecular formula is C23H26N2O6S. The number of nitrogens with one attached hydrogen (secondary N) is 1. The normalized spacial score (nSPS) is 30.0. The molecule has 8 nitrogen and oxygen atoms in total. The second-order valence-electron chi connectivity index (χ2n) is 7.91. The first-order valence-corrected chi connectivity index (χ1v) is 11.3.